The molecule has 96 valence electrons. The summed E-state index contributed by atoms with van der Waals surface area (Å²) in [6.07, 6.45) is 1.96. The van der Waals surface area contributed by atoms with Crippen molar-refractivity contribution in [1.82, 2.24) is 9.78 Å². The highest BCUT2D eigenvalue weighted by Crippen LogP contribution is 2.14. The number of nitrogens with one attached hydrogen (secondary N) is 1. The Balaban J connectivity index is 2.00. The molecule has 4 heteroatoms. The molecule has 1 aromatic heterocycles. The number of aromatic nitrogens is 2. The number of halogens is 1. The second kappa shape index (κ2) is 5.21. The Morgan fingerprint density at radius 3 is 2.72 bits per heavy atom. The molecule has 0 unspecified atom stereocenters. The smallest absolute Gasteiger partial charge is 0.128 e. The Bertz CT molecular complexity index is 532. The molecule has 0 radical (unpaired) electrons. The third-order valence-electron chi connectivity index (χ3n) is 2.84. The normalized spacial score (nSPS) is 10.9. The summed E-state index contributed by atoms with van der Waals surface area (Å²) < 4.78 is 15.3. The lowest BCUT2D eigenvalue weighted by molar-refractivity contribution is 0.527. The van der Waals surface area contributed by atoms with Crippen LogP contribution in [0.5, 0.6) is 0 Å². The summed E-state index contributed by atoms with van der Waals surface area (Å²) in [6.45, 7) is 6.52. The summed E-state index contributed by atoms with van der Waals surface area (Å²) >= 11 is 0. The fraction of sp³-hybridized carbons (Fsp3) is 0.357. The van der Waals surface area contributed by atoms with Crippen LogP contribution < -0.4 is 5.32 Å². The maximum atomic E-state index is 13.4. The topological polar surface area (TPSA) is 29.9 Å². The van der Waals surface area contributed by atoms with Crippen LogP contribution in [-0.2, 0) is 6.54 Å². The van der Waals surface area contributed by atoms with E-state index in [0.717, 1.165) is 11.4 Å². The first kappa shape index (κ1) is 12.6. The molecule has 18 heavy (non-hydrogen) atoms. The zero-order valence-electron chi connectivity index (χ0n) is 10.9. The first-order valence-corrected chi connectivity index (χ1v) is 6.10. The maximum Gasteiger partial charge on any atom is 0.128 e. The minimum atomic E-state index is -0.187. The van der Waals surface area contributed by atoms with Crippen LogP contribution >= 0.6 is 0 Å². The predicted octanol–water partition coefficient (Wildman–Crippen LogP) is 3.52. The molecular formula is C14H18FN3. The van der Waals surface area contributed by atoms with E-state index in [1.54, 1.807) is 13.0 Å². The summed E-state index contributed by atoms with van der Waals surface area (Å²) in [6, 6.07) is 7.48. The van der Waals surface area contributed by atoms with Crippen LogP contribution in [0.1, 0.15) is 31.1 Å². The molecule has 1 aromatic carbocycles. The molecular weight excluding hydrogens is 229 g/mol. The van der Waals surface area contributed by atoms with E-state index in [4.69, 9.17) is 0 Å². The van der Waals surface area contributed by atoms with Crippen LogP contribution in [0, 0.1) is 12.7 Å². The molecule has 0 aliphatic heterocycles. The van der Waals surface area contributed by atoms with Crippen LogP contribution in [-0.4, -0.2) is 9.78 Å². The van der Waals surface area contributed by atoms with Gasteiger partial charge in [-0.25, -0.2) is 4.39 Å². The van der Waals surface area contributed by atoms with Gasteiger partial charge in [-0.2, -0.15) is 5.10 Å². The molecule has 2 aromatic rings. The molecule has 0 saturated heterocycles. The van der Waals surface area contributed by atoms with Crippen LogP contribution in [0.25, 0.3) is 0 Å². The summed E-state index contributed by atoms with van der Waals surface area (Å²) in [5.74, 6) is -0.187. The van der Waals surface area contributed by atoms with E-state index >= 15 is 0 Å². The van der Waals surface area contributed by atoms with E-state index in [0.29, 0.717) is 18.2 Å². The number of hydrogen-bond donors (Lipinski definition) is 1. The summed E-state index contributed by atoms with van der Waals surface area (Å²) in [5, 5.41) is 7.59. The SMILES string of the molecule is Cc1ccc(NCc2ccn(C(C)C)n2)cc1F. The summed E-state index contributed by atoms with van der Waals surface area (Å²) in [7, 11) is 0. The standard InChI is InChI=1S/C14H18FN3/c1-10(2)18-7-6-13(17-18)9-16-12-5-4-11(3)14(15)8-12/h4-8,10,16H,9H2,1-3H3. The molecule has 1 heterocycles. The van der Waals surface area contributed by atoms with Crippen molar-refractivity contribution in [2.24, 2.45) is 0 Å². The summed E-state index contributed by atoms with van der Waals surface area (Å²) in [5.41, 5.74) is 2.38. The molecule has 0 amide bonds. The highest BCUT2D eigenvalue weighted by Gasteiger charge is 2.03. The Morgan fingerprint density at radius 1 is 1.33 bits per heavy atom. The number of nitrogens with zero attached hydrogens (tertiary/aromatic N) is 2. The number of aryl methyl sites for hydroxylation is 1. The zero-order valence-corrected chi connectivity index (χ0v) is 10.9. The van der Waals surface area contributed by atoms with Crippen molar-refractivity contribution < 1.29 is 4.39 Å². The van der Waals surface area contributed by atoms with E-state index < -0.39 is 0 Å². The molecule has 0 spiro atoms. The molecule has 0 aliphatic rings. The van der Waals surface area contributed by atoms with Crippen molar-refractivity contribution in [2.45, 2.75) is 33.4 Å². The van der Waals surface area contributed by atoms with Gasteiger partial charge < -0.3 is 5.32 Å². The molecule has 0 saturated carbocycles. The highest BCUT2D eigenvalue weighted by molar-refractivity contribution is 5.45. The average Bonchev–Trinajstić information content (AvgIpc) is 2.79. The van der Waals surface area contributed by atoms with Crippen molar-refractivity contribution in [3.05, 3.63) is 47.5 Å². The number of hydrogen-bond acceptors (Lipinski definition) is 2. The molecule has 1 N–H and O–H groups in total. The van der Waals surface area contributed by atoms with Crippen LogP contribution in [0.4, 0.5) is 10.1 Å². The molecule has 2 rings (SSSR count). The third-order valence-corrected chi connectivity index (χ3v) is 2.84. The fourth-order valence-corrected chi connectivity index (χ4v) is 1.65. The van der Waals surface area contributed by atoms with Gasteiger partial charge in [0.1, 0.15) is 5.82 Å². The Labute approximate surface area is 107 Å². The lowest BCUT2D eigenvalue weighted by Crippen LogP contribution is -2.05. The Morgan fingerprint density at radius 2 is 2.11 bits per heavy atom. The van der Waals surface area contributed by atoms with E-state index in [9.17, 15) is 4.39 Å². The van der Waals surface area contributed by atoms with Crippen molar-refractivity contribution in [3.8, 4) is 0 Å². The van der Waals surface area contributed by atoms with Gasteiger partial charge in [0.2, 0.25) is 0 Å². The van der Waals surface area contributed by atoms with Gasteiger partial charge in [0.05, 0.1) is 12.2 Å². The van der Waals surface area contributed by atoms with E-state index in [2.05, 4.69) is 24.3 Å². The van der Waals surface area contributed by atoms with Crippen LogP contribution in [0.3, 0.4) is 0 Å². The van der Waals surface area contributed by atoms with Gasteiger partial charge in [-0.15, -0.1) is 0 Å². The summed E-state index contributed by atoms with van der Waals surface area (Å²) in [4.78, 5) is 0. The van der Waals surface area contributed by atoms with Crippen molar-refractivity contribution in [2.75, 3.05) is 5.32 Å². The Kier molecular flexibility index (Phi) is 3.65. The second-order valence-electron chi connectivity index (χ2n) is 4.70. The van der Waals surface area contributed by atoms with E-state index in [1.165, 1.54) is 6.07 Å². The number of rotatable bonds is 4. The molecule has 0 aliphatic carbocycles. The molecule has 0 fully saturated rings. The number of anilines is 1. The van der Waals surface area contributed by atoms with Gasteiger partial charge in [-0.3, -0.25) is 4.68 Å². The van der Waals surface area contributed by atoms with Crippen molar-refractivity contribution in [1.29, 1.82) is 0 Å². The van der Waals surface area contributed by atoms with Gasteiger partial charge in [-0.05, 0) is 44.5 Å². The van der Waals surface area contributed by atoms with Crippen LogP contribution in [0.15, 0.2) is 30.5 Å². The third kappa shape index (κ3) is 2.88. The van der Waals surface area contributed by atoms with Crippen LogP contribution in [0.2, 0.25) is 0 Å². The van der Waals surface area contributed by atoms with E-state index in [-0.39, 0.29) is 5.82 Å². The van der Waals surface area contributed by atoms with E-state index in [1.807, 2.05) is 23.0 Å². The van der Waals surface area contributed by atoms with Crippen molar-refractivity contribution in [3.63, 3.8) is 0 Å². The second-order valence-corrected chi connectivity index (χ2v) is 4.70. The molecule has 0 atom stereocenters. The minimum Gasteiger partial charge on any atom is -0.379 e. The quantitative estimate of drug-likeness (QED) is 0.895. The minimum absolute atomic E-state index is 0.187. The lowest BCUT2D eigenvalue weighted by atomic mass is 10.2. The highest BCUT2D eigenvalue weighted by atomic mass is 19.1. The first-order valence-electron chi connectivity index (χ1n) is 6.10. The zero-order chi connectivity index (χ0) is 13.1. The monoisotopic (exact) mass is 247 g/mol. The average molecular weight is 247 g/mol. The number of benzene rings is 1. The largest absolute Gasteiger partial charge is 0.379 e. The van der Waals surface area contributed by atoms with Gasteiger partial charge >= 0.3 is 0 Å². The van der Waals surface area contributed by atoms with Gasteiger partial charge in [0.15, 0.2) is 0 Å². The van der Waals surface area contributed by atoms with Crippen molar-refractivity contribution >= 4 is 5.69 Å². The predicted molar refractivity (Wildman–Crippen MR) is 71.1 cm³/mol. The fourth-order valence-electron chi connectivity index (χ4n) is 1.65. The molecule has 0 bridgehead atoms. The maximum absolute atomic E-state index is 13.4. The van der Waals surface area contributed by atoms with Gasteiger partial charge in [0.25, 0.3) is 0 Å². The van der Waals surface area contributed by atoms with Gasteiger partial charge in [0, 0.05) is 17.9 Å². The molecule has 3 nitrogen and oxygen atoms in total. The van der Waals surface area contributed by atoms with Gasteiger partial charge in [-0.1, -0.05) is 6.07 Å². The lowest BCUT2D eigenvalue weighted by Gasteiger charge is -2.06. The first-order chi connectivity index (χ1) is 8.56. The Hall–Kier alpha value is -1.84.